The second kappa shape index (κ2) is 13.0. The molecule has 6 N–H and O–H groups in total. The van der Waals surface area contributed by atoms with E-state index in [0.29, 0.717) is 24.1 Å². The first-order chi connectivity index (χ1) is 22.9. The lowest BCUT2D eigenvalue weighted by molar-refractivity contribution is -0.125. The second-order valence-corrected chi connectivity index (χ2v) is 14.0. The number of para-hydroxylation sites is 1. The zero-order chi connectivity index (χ0) is 34.3. The van der Waals surface area contributed by atoms with E-state index in [1.54, 1.807) is 23.1 Å². The van der Waals surface area contributed by atoms with Crippen LogP contribution < -0.4 is 21.3 Å². The van der Waals surface area contributed by atoms with Gasteiger partial charge in [0.25, 0.3) is 11.8 Å². The van der Waals surface area contributed by atoms with Crippen LogP contribution in [0, 0.1) is 34.9 Å². The number of oxime groups is 1. The number of rotatable bonds is 12. The van der Waals surface area contributed by atoms with Crippen LogP contribution in [0.15, 0.2) is 47.6 Å². The lowest BCUT2D eigenvalue weighted by Crippen LogP contribution is -2.59. The molecule has 254 valence electrons. The standard InChI is InChI=1S/C35H42FN7O5/c1-18(2)27-17-43(34(47)40-27)35(33(46)39-26-7-5-4-6-25(26)36)15-22-12-13-24(14-23(22)16-35)38-32(45)30(28(20-8-9-20)21-10-11-21)41-31(44)29(42-48)19(3)37/h4-7,12-14,18,20-21,27-28,30,37,48H,8-11,15-17H2,1-3H3,(H,38,45)(H,39,46)(H,40,47)(H,41,44)/b37-19?,42-29+/t27-,30-,35?/m0/s1. The van der Waals surface area contributed by atoms with Gasteiger partial charge in [-0.1, -0.05) is 37.2 Å². The summed E-state index contributed by atoms with van der Waals surface area (Å²) >= 11 is 0. The number of halogens is 1. The van der Waals surface area contributed by atoms with Crippen molar-refractivity contribution in [2.45, 2.75) is 76.9 Å². The fourth-order valence-corrected chi connectivity index (χ4v) is 7.27. The Hall–Kier alpha value is -4.81. The number of amides is 5. The van der Waals surface area contributed by atoms with Crippen molar-refractivity contribution in [1.29, 1.82) is 5.41 Å². The van der Waals surface area contributed by atoms with E-state index < -0.39 is 40.8 Å². The summed E-state index contributed by atoms with van der Waals surface area (Å²) in [4.78, 5) is 56.0. The molecule has 3 fully saturated rings. The van der Waals surface area contributed by atoms with Crippen molar-refractivity contribution in [2.24, 2.45) is 28.8 Å². The molecule has 1 aliphatic heterocycles. The summed E-state index contributed by atoms with van der Waals surface area (Å²) in [5, 5.41) is 31.6. The summed E-state index contributed by atoms with van der Waals surface area (Å²) in [6.07, 6.45) is 4.19. The highest BCUT2D eigenvalue weighted by Crippen LogP contribution is 2.51. The van der Waals surface area contributed by atoms with Gasteiger partial charge in [0.1, 0.15) is 17.4 Å². The van der Waals surface area contributed by atoms with E-state index >= 15 is 0 Å². The summed E-state index contributed by atoms with van der Waals surface area (Å²) < 4.78 is 14.6. The first kappa shape index (κ1) is 33.1. The fraction of sp³-hybridized carbons (Fsp3) is 0.486. The molecule has 1 heterocycles. The number of anilines is 2. The van der Waals surface area contributed by atoms with E-state index in [9.17, 15) is 28.8 Å². The molecule has 1 saturated heterocycles. The number of hydrogen-bond acceptors (Lipinski definition) is 7. The van der Waals surface area contributed by atoms with Gasteiger partial charge in [-0.25, -0.2) is 9.18 Å². The van der Waals surface area contributed by atoms with E-state index in [1.165, 1.54) is 25.1 Å². The summed E-state index contributed by atoms with van der Waals surface area (Å²) in [5.41, 5.74) is 0.0357. The molecule has 2 aromatic carbocycles. The van der Waals surface area contributed by atoms with Gasteiger partial charge in [-0.05, 0) is 91.7 Å². The van der Waals surface area contributed by atoms with Crippen LogP contribution in [-0.2, 0) is 27.2 Å². The maximum atomic E-state index is 14.6. The van der Waals surface area contributed by atoms with Gasteiger partial charge in [0.15, 0.2) is 5.71 Å². The molecular formula is C35H42FN7O5. The Balaban J connectivity index is 1.27. The normalized spacial score (nSPS) is 22.7. The third-order valence-corrected chi connectivity index (χ3v) is 10.2. The Morgan fingerprint density at radius 2 is 1.71 bits per heavy atom. The van der Waals surface area contributed by atoms with Gasteiger partial charge in [-0.2, -0.15) is 0 Å². The Morgan fingerprint density at radius 1 is 1.04 bits per heavy atom. The van der Waals surface area contributed by atoms with Crippen molar-refractivity contribution in [2.75, 3.05) is 17.2 Å². The van der Waals surface area contributed by atoms with Crippen molar-refractivity contribution < 1.29 is 28.8 Å². The molecule has 4 aliphatic rings. The summed E-state index contributed by atoms with van der Waals surface area (Å²) in [6, 6.07) is 9.78. The number of carbonyl (C=O) groups excluding carboxylic acids is 4. The molecule has 5 amide bonds. The maximum Gasteiger partial charge on any atom is 0.318 e. The van der Waals surface area contributed by atoms with Crippen LogP contribution in [0.1, 0.15) is 57.6 Å². The molecule has 0 aromatic heterocycles. The van der Waals surface area contributed by atoms with Crippen LogP contribution >= 0.6 is 0 Å². The van der Waals surface area contributed by atoms with Crippen molar-refractivity contribution in [3.63, 3.8) is 0 Å². The van der Waals surface area contributed by atoms with Crippen LogP contribution in [0.25, 0.3) is 0 Å². The van der Waals surface area contributed by atoms with Gasteiger partial charge in [0.05, 0.1) is 17.4 Å². The third kappa shape index (κ3) is 6.50. The predicted molar refractivity (Wildman–Crippen MR) is 178 cm³/mol. The van der Waals surface area contributed by atoms with Crippen molar-refractivity contribution in [1.82, 2.24) is 15.5 Å². The zero-order valence-corrected chi connectivity index (χ0v) is 27.3. The van der Waals surface area contributed by atoms with Gasteiger partial charge < -0.3 is 36.8 Å². The molecule has 2 saturated carbocycles. The Labute approximate surface area is 278 Å². The number of fused-ring (bicyclic) bond motifs is 1. The molecule has 3 atom stereocenters. The highest BCUT2D eigenvalue weighted by Gasteiger charge is 2.54. The predicted octanol–water partition coefficient (Wildman–Crippen LogP) is 4.08. The number of carbonyl (C=O) groups is 4. The zero-order valence-electron chi connectivity index (χ0n) is 27.3. The maximum absolute atomic E-state index is 14.6. The topological polar surface area (TPSA) is 176 Å². The SMILES string of the molecule is CC(=N)/C(=N\O)C(=O)N[C@H](C(=O)Nc1ccc2c(c1)CC(C(=O)Nc1ccccc1F)(N1C[C@@H](C(C)C)NC1=O)C2)C(C1CC1)C1CC1. The van der Waals surface area contributed by atoms with E-state index in [4.69, 9.17) is 5.41 Å². The number of hydrogen-bond donors (Lipinski definition) is 6. The first-order valence-electron chi connectivity index (χ1n) is 16.6. The number of nitrogens with zero attached hydrogens (tertiary/aromatic N) is 2. The molecule has 3 aliphatic carbocycles. The molecule has 0 spiro atoms. The fourth-order valence-electron chi connectivity index (χ4n) is 7.27. The average Bonchev–Trinajstić information content (AvgIpc) is 3.97. The molecule has 12 nitrogen and oxygen atoms in total. The third-order valence-electron chi connectivity index (χ3n) is 10.2. The van der Waals surface area contributed by atoms with Gasteiger partial charge in [-0.15, -0.1) is 0 Å². The van der Waals surface area contributed by atoms with Gasteiger partial charge in [0, 0.05) is 25.1 Å². The average molecular weight is 660 g/mol. The summed E-state index contributed by atoms with van der Waals surface area (Å²) in [5.74, 6) is -1.69. The second-order valence-electron chi connectivity index (χ2n) is 14.0. The van der Waals surface area contributed by atoms with Gasteiger partial charge in [0.2, 0.25) is 5.91 Å². The van der Waals surface area contributed by atoms with Crippen LogP contribution in [-0.4, -0.2) is 69.5 Å². The van der Waals surface area contributed by atoms with Crippen LogP contribution in [0.4, 0.5) is 20.6 Å². The van der Waals surface area contributed by atoms with E-state index in [-0.39, 0.29) is 48.1 Å². The highest BCUT2D eigenvalue weighted by molar-refractivity contribution is 6.65. The molecule has 2 aromatic rings. The number of urea groups is 1. The molecule has 0 radical (unpaired) electrons. The number of nitrogens with one attached hydrogen (secondary N) is 5. The number of benzene rings is 2. The highest BCUT2D eigenvalue weighted by atomic mass is 19.1. The van der Waals surface area contributed by atoms with Gasteiger partial charge in [-0.3, -0.25) is 14.4 Å². The van der Waals surface area contributed by atoms with Crippen molar-refractivity contribution in [3.05, 3.63) is 59.4 Å². The largest absolute Gasteiger partial charge is 0.410 e. The minimum Gasteiger partial charge on any atom is -0.410 e. The van der Waals surface area contributed by atoms with E-state index in [1.807, 2.05) is 19.9 Å². The lowest BCUT2D eigenvalue weighted by Gasteiger charge is -2.36. The Bertz CT molecular complexity index is 1670. The molecule has 6 rings (SSSR count). The molecule has 1 unspecified atom stereocenters. The van der Waals surface area contributed by atoms with Crippen molar-refractivity contribution in [3.8, 4) is 0 Å². The monoisotopic (exact) mass is 659 g/mol. The summed E-state index contributed by atoms with van der Waals surface area (Å²) in [6.45, 7) is 5.63. The molecule has 48 heavy (non-hydrogen) atoms. The van der Waals surface area contributed by atoms with Crippen LogP contribution in [0.3, 0.4) is 0 Å². The van der Waals surface area contributed by atoms with E-state index in [2.05, 4.69) is 26.4 Å². The minimum absolute atomic E-state index is 0.0207. The van der Waals surface area contributed by atoms with Crippen LogP contribution in [0.5, 0.6) is 0 Å². The van der Waals surface area contributed by atoms with Gasteiger partial charge >= 0.3 is 6.03 Å². The molecular weight excluding hydrogens is 617 g/mol. The minimum atomic E-state index is -1.34. The summed E-state index contributed by atoms with van der Waals surface area (Å²) in [7, 11) is 0. The Kier molecular flexibility index (Phi) is 8.97. The molecule has 13 heteroatoms. The van der Waals surface area contributed by atoms with E-state index in [0.717, 1.165) is 36.8 Å². The quantitative estimate of drug-likeness (QED) is 0.114. The lowest BCUT2D eigenvalue weighted by atomic mass is 9.88. The Morgan fingerprint density at radius 3 is 2.29 bits per heavy atom. The smallest absolute Gasteiger partial charge is 0.318 e. The first-order valence-corrected chi connectivity index (χ1v) is 16.6. The van der Waals surface area contributed by atoms with Crippen LogP contribution in [0.2, 0.25) is 0 Å². The molecule has 0 bridgehead atoms. The van der Waals surface area contributed by atoms with Crippen molar-refractivity contribution >= 4 is 46.6 Å².